The Kier molecular flexibility index (Phi) is 5.86. The Morgan fingerprint density at radius 3 is 2.52 bits per heavy atom. The number of benzene rings is 1. The van der Waals surface area contributed by atoms with Gasteiger partial charge < -0.3 is 9.15 Å². The van der Waals surface area contributed by atoms with Gasteiger partial charge in [0.15, 0.2) is 23.2 Å². The third-order valence-electron chi connectivity index (χ3n) is 4.18. The van der Waals surface area contributed by atoms with Crippen LogP contribution in [-0.2, 0) is 13.2 Å². The van der Waals surface area contributed by atoms with Gasteiger partial charge in [0, 0.05) is 18.3 Å². The highest BCUT2D eigenvalue weighted by atomic mass is 19.2. The van der Waals surface area contributed by atoms with Gasteiger partial charge in [-0.05, 0) is 38.1 Å². The van der Waals surface area contributed by atoms with Crippen LogP contribution in [0.4, 0.5) is 17.6 Å². The molecule has 0 unspecified atom stereocenters. The van der Waals surface area contributed by atoms with Crippen LogP contribution >= 0.6 is 0 Å². The monoisotopic (exact) mass is 408 g/mol. The van der Waals surface area contributed by atoms with Crippen LogP contribution in [0.5, 0.6) is 5.75 Å². The number of carbonyl (C=O) groups is 1. The zero-order chi connectivity index (χ0) is 21.1. The van der Waals surface area contributed by atoms with Gasteiger partial charge in [-0.25, -0.2) is 8.78 Å². The summed E-state index contributed by atoms with van der Waals surface area (Å²) in [5.41, 5.74) is 1.19. The first-order valence-electron chi connectivity index (χ1n) is 8.61. The molecule has 152 valence electrons. The molecule has 29 heavy (non-hydrogen) atoms. The second-order valence-corrected chi connectivity index (χ2v) is 6.05. The molecule has 0 spiro atoms. The Labute approximate surface area is 163 Å². The maximum Gasteiger partial charge on any atom is 0.203 e. The van der Waals surface area contributed by atoms with Gasteiger partial charge in [-0.2, -0.15) is 13.9 Å². The average Bonchev–Trinajstić information content (AvgIpc) is 3.30. The number of aromatic nitrogens is 2. The lowest BCUT2D eigenvalue weighted by molar-refractivity contribution is 0.104. The molecule has 0 saturated carbocycles. The van der Waals surface area contributed by atoms with Gasteiger partial charge in [0.1, 0.15) is 18.1 Å². The molecule has 1 aromatic carbocycles. The second kappa shape index (κ2) is 8.34. The van der Waals surface area contributed by atoms with E-state index in [1.54, 1.807) is 11.6 Å². The van der Waals surface area contributed by atoms with Crippen LogP contribution in [0.2, 0.25) is 0 Å². The number of ketones is 1. The van der Waals surface area contributed by atoms with Crippen LogP contribution in [0.15, 0.2) is 34.9 Å². The minimum Gasteiger partial charge on any atom is -0.479 e. The minimum absolute atomic E-state index is 0.0935. The number of halogens is 4. The van der Waals surface area contributed by atoms with E-state index in [2.05, 4.69) is 5.10 Å². The molecule has 9 heteroatoms. The highest BCUT2D eigenvalue weighted by molar-refractivity contribution is 6.07. The fourth-order valence-corrected chi connectivity index (χ4v) is 2.64. The molecule has 0 aliphatic heterocycles. The van der Waals surface area contributed by atoms with Crippen LogP contribution in [-0.4, -0.2) is 15.6 Å². The summed E-state index contributed by atoms with van der Waals surface area (Å²) in [6.07, 6.45) is 4.19. The molecular formula is C20H16F4N2O3. The van der Waals surface area contributed by atoms with E-state index < -0.39 is 35.6 Å². The first kappa shape index (κ1) is 20.4. The van der Waals surface area contributed by atoms with Gasteiger partial charge in [0.2, 0.25) is 11.6 Å². The van der Waals surface area contributed by atoms with Gasteiger partial charge >= 0.3 is 0 Å². The number of ether oxygens (including phenoxy) is 1. The van der Waals surface area contributed by atoms with Crippen molar-refractivity contribution in [2.24, 2.45) is 0 Å². The van der Waals surface area contributed by atoms with E-state index in [9.17, 15) is 22.4 Å². The summed E-state index contributed by atoms with van der Waals surface area (Å²) in [6, 6.07) is 3.04. The molecule has 0 radical (unpaired) electrons. The van der Waals surface area contributed by atoms with Crippen LogP contribution in [0.25, 0.3) is 6.08 Å². The molecule has 0 aliphatic carbocycles. The SMILES string of the molecule is CCn1ncc(C(=O)/C=C/c2ccc(COc3c(F)c(F)cc(F)c3F)o2)c1C. The third-order valence-corrected chi connectivity index (χ3v) is 4.18. The van der Waals surface area contributed by atoms with Crippen molar-refractivity contribution in [3.8, 4) is 5.75 Å². The van der Waals surface area contributed by atoms with Crippen molar-refractivity contribution in [3.63, 3.8) is 0 Å². The standard InChI is InChI=1S/C20H16F4N2O3/c1-3-26-11(2)14(9-25-26)17(27)7-6-12-4-5-13(29-12)10-28-20-18(23)15(21)8-16(22)19(20)24/h4-9H,3,10H2,1-2H3/b7-6+. The first-order valence-corrected chi connectivity index (χ1v) is 8.61. The lowest BCUT2D eigenvalue weighted by atomic mass is 10.1. The number of carbonyl (C=O) groups excluding carboxylic acids is 1. The van der Waals surface area contributed by atoms with Crippen molar-refractivity contribution >= 4 is 11.9 Å². The van der Waals surface area contributed by atoms with Gasteiger partial charge in [-0.1, -0.05) is 0 Å². The first-order chi connectivity index (χ1) is 13.8. The molecule has 0 atom stereocenters. The Hall–Kier alpha value is -3.36. The quantitative estimate of drug-likeness (QED) is 0.243. The predicted octanol–water partition coefficient (Wildman–Crippen LogP) is 4.84. The molecule has 0 N–H and O–H groups in total. The number of rotatable bonds is 7. The van der Waals surface area contributed by atoms with E-state index in [0.29, 0.717) is 12.1 Å². The Bertz CT molecular complexity index is 1060. The van der Waals surface area contributed by atoms with Crippen molar-refractivity contribution in [2.45, 2.75) is 27.0 Å². The molecule has 0 bridgehead atoms. The van der Waals surface area contributed by atoms with E-state index in [1.807, 2.05) is 6.92 Å². The highest BCUT2D eigenvalue weighted by Crippen LogP contribution is 2.27. The average molecular weight is 408 g/mol. The molecule has 2 aromatic heterocycles. The van der Waals surface area contributed by atoms with Gasteiger partial charge in [0.05, 0.1) is 11.8 Å². The van der Waals surface area contributed by atoms with Crippen LogP contribution in [0.1, 0.15) is 34.5 Å². The summed E-state index contributed by atoms with van der Waals surface area (Å²) < 4.78 is 65.4. The number of aryl methyl sites for hydroxylation is 1. The Morgan fingerprint density at radius 2 is 1.90 bits per heavy atom. The normalized spacial score (nSPS) is 11.4. The minimum atomic E-state index is -1.64. The smallest absolute Gasteiger partial charge is 0.203 e. The number of nitrogens with zero attached hydrogens (tertiary/aromatic N) is 2. The largest absolute Gasteiger partial charge is 0.479 e. The van der Waals surface area contributed by atoms with E-state index in [-0.39, 0.29) is 23.4 Å². The maximum absolute atomic E-state index is 13.6. The summed E-state index contributed by atoms with van der Waals surface area (Å²) in [6.45, 7) is 3.86. The number of hydrogen-bond donors (Lipinski definition) is 0. The number of furan rings is 1. The van der Waals surface area contributed by atoms with Crippen LogP contribution in [0, 0.1) is 30.2 Å². The fraction of sp³-hybridized carbons (Fsp3) is 0.200. The van der Waals surface area contributed by atoms with Gasteiger partial charge in [-0.15, -0.1) is 0 Å². The zero-order valence-corrected chi connectivity index (χ0v) is 15.5. The van der Waals surface area contributed by atoms with Crippen molar-refractivity contribution in [1.82, 2.24) is 9.78 Å². The van der Waals surface area contributed by atoms with E-state index in [0.717, 1.165) is 5.69 Å². The molecule has 0 aliphatic rings. The Balaban J connectivity index is 1.68. The fourth-order valence-electron chi connectivity index (χ4n) is 2.64. The van der Waals surface area contributed by atoms with E-state index in [4.69, 9.17) is 9.15 Å². The number of hydrogen-bond acceptors (Lipinski definition) is 4. The number of allylic oxidation sites excluding steroid dienone is 1. The molecule has 0 saturated heterocycles. The second-order valence-electron chi connectivity index (χ2n) is 6.05. The summed E-state index contributed by atoms with van der Waals surface area (Å²) in [5, 5.41) is 4.10. The molecule has 3 aromatic rings. The lowest BCUT2D eigenvalue weighted by Crippen LogP contribution is -2.03. The topological polar surface area (TPSA) is 57.3 Å². The van der Waals surface area contributed by atoms with Gasteiger partial charge in [0.25, 0.3) is 0 Å². The molecule has 5 nitrogen and oxygen atoms in total. The zero-order valence-electron chi connectivity index (χ0n) is 15.5. The summed E-state index contributed by atoms with van der Waals surface area (Å²) in [7, 11) is 0. The summed E-state index contributed by atoms with van der Waals surface area (Å²) >= 11 is 0. The summed E-state index contributed by atoms with van der Waals surface area (Å²) in [4.78, 5) is 12.3. The van der Waals surface area contributed by atoms with Crippen molar-refractivity contribution < 1.29 is 31.5 Å². The highest BCUT2D eigenvalue weighted by Gasteiger charge is 2.21. The van der Waals surface area contributed by atoms with Crippen LogP contribution < -0.4 is 4.74 Å². The van der Waals surface area contributed by atoms with Crippen molar-refractivity contribution in [2.75, 3.05) is 0 Å². The molecule has 0 fully saturated rings. The molecular weight excluding hydrogens is 392 g/mol. The third kappa shape index (κ3) is 4.23. The molecule has 3 rings (SSSR count). The Morgan fingerprint density at radius 1 is 1.21 bits per heavy atom. The van der Waals surface area contributed by atoms with E-state index >= 15 is 0 Å². The van der Waals surface area contributed by atoms with E-state index in [1.165, 1.54) is 30.5 Å². The van der Waals surface area contributed by atoms with Gasteiger partial charge in [-0.3, -0.25) is 9.48 Å². The molecule has 0 amide bonds. The lowest BCUT2D eigenvalue weighted by Gasteiger charge is -2.08. The van der Waals surface area contributed by atoms with Crippen LogP contribution in [0.3, 0.4) is 0 Å². The predicted molar refractivity (Wildman–Crippen MR) is 95.3 cm³/mol. The summed E-state index contributed by atoms with van der Waals surface area (Å²) in [5.74, 6) is -7.43. The maximum atomic E-state index is 13.6. The van der Waals surface area contributed by atoms with Crippen molar-refractivity contribution in [1.29, 1.82) is 0 Å². The molecule has 2 heterocycles. The van der Waals surface area contributed by atoms with Crippen molar-refractivity contribution in [3.05, 3.63) is 76.5 Å².